The Morgan fingerprint density at radius 2 is 1.85 bits per heavy atom. The number of benzene rings is 3. The first kappa shape index (κ1) is 15.8. The van der Waals surface area contributed by atoms with Crippen molar-refractivity contribution in [3.8, 4) is 22.9 Å². The molecule has 0 spiro atoms. The lowest BCUT2D eigenvalue weighted by Crippen LogP contribution is -1.97. The maximum Gasteiger partial charge on any atom is 0.133 e. The van der Waals surface area contributed by atoms with Gasteiger partial charge >= 0.3 is 0 Å². The standard InChI is InChI=1S/C20H12F2N4/c21-14-2-3-17(18(22)8-14)13-6-15(24)9-16(7-13)26-11-25-19-5-12(10-23)1-4-20(19)26/h1-9,11H,24H2. The molecule has 26 heavy (non-hydrogen) atoms. The zero-order valence-corrected chi connectivity index (χ0v) is 13.4. The average Bonchev–Trinajstić information content (AvgIpc) is 3.04. The van der Waals surface area contributed by atoms with Crippen molar-refractivity contribution in [2.24, 2.45) is 0 Å². The number of anilines is 1. The molecule has 3 aromatic carbocycles. The Morgan fingerprint density at radius 3 is 2.62 bits per heavy atom. The van der Waals surface area contributed by atoms with E-state index in [1.54, 1.807) is 47.3 Å². The first-order valence-electron chi connectivity index (χ1n) is 7.79. The van der Waals surface area contributed by atoms with E-state index in [0.717, 1.165) is 11.6 Å². The largest absolute Gasteiger partial charge is 0.399 e. The van der Waals surface area contributed by atoms with Crippen LogP contribution in [0, 0.1) is 23.0 Å². The minimum atomic E-state index is -0.657. The van der Waals surface area contributed by atoms with E-state index in [0.29, 0.717) is 28.0 Å². The molecule has 0 atom stereocenters. The van der Waals surface area contributed by atoms with Crippen LogP contribution in [-0.2, 0) is 0 Å². The summed E-state index contributed by atoms with van der Waals surface area (Å²) in [6.45, 7) is 0. The van der Waals surface area contributed by atoms with Crippen LogP contribution >= 0.6 is 0 Å². The lowest BCUT2D eigenvalue weighted by Gasteiger charge is -2.10. The Balaban J connectivity index is 1.88. The van der Waals surface area contributed by atoms with Gasteiger partial charge in [0.2, 0.25) is 0 Å². The molecule has 0 saturated carbocycles. The third-order valence-electron chi connectivity index (χ3n) is 4.14. The highest BCUT2D eigenvalue weighted by molar-refractivity contribution is 5.80. The molecule has 4 aromatic rings. The third-order valence-corrected chi connectivity index (χ3v) is 4.14. The number of nitrogens with two attached hydrogens (primary N) is 1. The topological polar surface area (TPSA) is 67.6 Å². The van der Waals surface area contributed by atoms with Crippen molar-refractivity contribution in [3.05, 3.63) is 78.1 Å². The molecule has 0 fully saturated rings. The maximum absolute atomic E-state index is 14.1. The molecule has 1 heterocycles. The number of imidazole rings is 1. The summed E-state index contributed by atoms with van der Waals surface area (Å²) in [7, 11) is 0. The second-order valence-corrected chi connectivity index (χ2v) is 5.87. The monoisotopic (exact) mass is 346 g/mol. The fraction of sp³-hybridized carbons (Fsp3) is 0. The van der Waals surface area contributed by atoms with Crippen molar-refractivity contribution >= 4 is 16.7 Å². The Hall–Kier alpha value is -3.72. The van der Waals surface area contributed by atoms with Crippen LogP contribution < -0.4 is 5.73 Å². The first-order chi connectivity index (χ1) is 12.5. The molecule has 0 aliphatic carbocycles. The highest BCUT2D eigenvalue weighted by Gasteiger charge is 2.11. The molecule has 6 heteroatoms. The number of aromatic nitrogens is 2. The number of hydrogen-bond donors (Lipinski definition) is 1. The zero-order chi connectivity index (χ0) is 18.3. The number of nitrogen functional groups attached to an aromatic ring is 1. The number of hydrogen-bond acceptors (Lipinski definition) is 3. The van der Waals surface area contributed by atoms with E-state index in [-0.39, 0.29) is 5.56 Å². The quantitative estimate of drug-likeness (QED) is 0.546. The summed E-state index contributed by atoms with van der Waals surface area (Å²) in [5, 5.41) is 9.00. The average molecular weight is 346 g/mol. The Kier molecular flexibility index (Phi) is 3.63. The number of nitrogens with zero attached hydrogens (tertiary/aromatic N) is 3. The van der Waals surface area contributed by atoms with Crippen molar-refractivity contribution in [1.82, 2.24) is 9.55 Å². The van der Waals surface area contributed by atoms with Gasteiger partial charge in [-0.3, -0.25) is 4.57 Å². The lowest BCUT2D eigenvalue weighted by atomic mass is 10.0. The second kappa shape index (κ2) is 5.97. The van der Waals surface area contributed by atoms with Gasteiger partial charge in [-0.1, -0.05) is 0 Å². The predicted molar refractivity (Wildman–Crippen MR) is 95.5 cm³/mol. The Bertz CT molecular complexity index is 1190. The van der Waals surface area contributed by atoms with Crippen LogP contribution in [0.4, 0.5) is 14.5 Å². The fourth-order valence-corrected chi connectivity index (χ4v) is 2.94. The molecule has 2 N–H and O–H groups in total. The van der Waals surface area contributed by atoms with Crippen LogP contribution in [0.3, 0.4) is 0 Å². The summed E-state index contributed by atoms with van der Waals surface area (Å²) in [6.07, 6.45) is 1.62. The molecule has 0 aliphatic rings. The van der Waals surface area contributed by atoms with E-state index in [1.165, 1.54) is 12.1 Å². The summed E-state index contributed by atoms with van der Waals surface area (Å²) in [5.74, 6) is -1.29. The molecular weight excluding hydrogens is 334 g/mol. The summed E-state index contributed by atoms with van der Waals surface area (Å²) >= 11 is 0. The number of fused-ring (bicyclic) bond motifs is 1. The summed E-state index contributed by atoms with van der Waals surface area (Å²) in [5.41, 5.74) is 9.90. The molecular formula is C20H12F2N4. The maximum atomic E-state index is 14.1. The number of halogens is 2. The van der Waals surface area contributed by atoms with Gasteiger partial charge in [0.15, 0.2) is 0 Å². The minimum absolute atomic E-state index is 0.260. The Labute approximate surface area is 147 Å². The number of rotatable bonds is 2. The van der Waals surface area contributed by atoms with Crippen LogP contribution in [0.2, 0.25) is 0 Å². The van der Waals surface area contributed by atoms with Crippen molar-refractivity contribution < 1.29 is 8.78 Å². The zero-order valence-electron chi connectivity index (χ0n) is 13.4. The van der Waals surface area contributed by atoms with Gasteiger partial charge in [0, 0.05) is 23.0 Å². The normalized spacial score (nSPS) is 10.8. The fourth-order valence-electron chi connectivity index (χ4n) is 2.94. The highest BCUT2D eigenvalue weighted by atomic mass is 19.1. The highest BCUT2D eigenvalue weighted by Crippen LogP contribution is 2.29. The third kappa shape index (κ3) is 2.66. The van der Waals surface area contributed by atoms with E-state index < -0.39 is 11.6 Å². The van der Waals surface area contributed by atoms with Gasteiger partial charge in [-0.15, -0.1) is 0 Å². The summed E-state index contributed by atoms with van der Waals surface area (Å²) < 4.78 is 29.1. The first-order valence-corrected chi connectivity index (χ1v) is 7.79. The number of nitriles is 1. The van der Waals surface area contributed by atoms with Crippen LogP contribution in [0.1, 0.15) is 5.56 Å². The molecule has 1 aromatic heterocycles. The van der Waals surface area contributed by atoms with E-state index in [2.05, 4.69) is 11.1 Å². The second-order valence-electron chi connectivity index (χ2n) is 5.87. The van der Waals surface area contributed by atoms with E-state index >= 15 is 0 Å². The molecule has 126 valence electrons. The summed E-state index contributed by atoms with van der Waals surface area (Å²) in [4.78, 5) is 4.31. The van der Waals surface area contributed by atoms with Gasteiger partial charge < -0.3 is 5.73 Å². The van der Waals surface area contributed by atoms with Crippen LogP contribution in [0.25, 0.3) is 27.8 Å². The lowest BCUT2D eigenvalue weighted by molar-refractivity contribution is 0.585. The van der Waals surface area contributed by atoms with Gasteiger partial charge in [-0.05, 0) is 54.1 Å². The molecule has 0 unspecified atom stereocenters. The molecule has 0 amide bonds. The molecule has 0 aliphatic heterocycles. The predicted octanol–water partition coefficient (Wildman–Crippen LogP) is 4.42. The van der Waals surface area contributed by atoms with Gasteiger partial charge in [0.25, 0.3) is 0 Å². The van der Waals surface area contributed by atoms with Crippen LogP contribution in [0.5, 0.6) is 0 Å². The van der Waals surface area contributed by atoms with Crippen molar-refractivity contribution in [2.75, 3.05) is 5.73 Å². The van der Waals surface area contributed by atoms with Gasteiger partial charge in [0.1, 0.15) is 18.0 Å². The van der Waals surface area contributed by atoms with Gasteiger partial charge in [0.05, 0.1) is 22.7 Å². The van der Waals surface area contributed by atoms with Crippen molar-refractivity contribution in [1.29, 1.82) is 5.26 Å². The van der Waals surface area contributed by atoms with E-state index in [1.807, 2.05) is 0 Å². The van der Waals surface area contributed by atoms with Crippen molar-refractivity contribution in [2.45, 2.75) is 0 Å². The Morgan fingerprint density at radius 1 is 1.00 bits per heavy atom. The van der Waals surface area contributed by atoms with Gasteiger partial charge in [-0.2, -0.15) is 5.26 Å². The van der Waals surface area contributed by atoms with Crippen LogP contribution in [-0.4, -0.2) is 9.55 Å². The molecule has 4 rings (SSSR count). The van der Waals surface area contributed by atoms with E-state index in [4.69, 9.17) is 11.0 Å². The summed E-state index contributed by atoms with van der Waals surface area (Å²) in [6, 6.07) is 15.8. The van der Waals surface area contributed by atoms with Gasteiger partial charge in [-0.25, -0.2) is 13.8 Å². The van der Waals surface area contributed by atoms with Crippen LogP contribution in [0.15, 0.2) is 60.9 Å². The molecule has 4 nitrogen and oxygen atoms in total. The van der Waals surface area contributed by atoms with Crippen molar-refractivity contribution in [3.63, 3.8) is 0 Å². The minimum Gasteiger partial charge on any atom is -0.399 e. The SMILES string of the molecule is N#Cc1ccc2c(c1)ncn2-c1cc(N)cc(-c2ccc(F)cc2F)c1. The molecule has 0 radical (unpaired) electrons. The molecule has 0 saturated heterocycles. The molecule has 0 bridgehead atoms. The smallest absolute Gasteiger partial charge is 0.133 e. The van der Waals surface area contributed by atoms with E-state index in [9.17, 15) is 8.78 Å².